The molecule has 4 N–H and O–H groups in total. The number of aromatic nitrogens is 1. The molecule has 0 bridgehead atoms. The molecule has 0 saturated carbocycles. The minimum absolute atomic E-state index is 0.114. The highest BCUT2D eigenvalue weighted by molar-refractivity contribution is 5.93. The van der Waals surface area contributed by atoms with Gasteiger partial charge in [0.15, 0.2) is 5.69 Å². The number of pyridine rings is 1. The molecular weight excluding hydrogens is 232 g/mol. The van der Waals surface area contributed by atoms with E-state index >= 15 is 0 Å². The molecule has 0 atom stereocenters. The Morgan fingerprint density at radius 2 is 2.24 bits per heavy atom. The van der Waals surface area contributed by atoms with Crippen molar-refractivity contribution in [2.75, 3.05) is 12.3 Å². The fourth-order valence-corrected chi connectivity index (χ4v) is 1.36. The van der Waals surface area contributed by atoms with E-state index < -0.39 is 18.0 Å². The van der Waals surface area contributed by atoms with Gasteiger partial charge in [0.05, 0.1) is 12.3 Å². The van der Waals surface area contributed by atoms with Crippen LogP contribution in [0.2, 0.25) is 0 Å². The van der Waals surface area contributed by atoms with Crippen LogP contribution in [-0.4, -0.2) is 17.6 Å². The van der Waals surface area contributed by atoms with E-state index in [1.807, 2.05) is 0 Å². The van der Waals surface area contributed by atoms with E-state index in [1.165, 1.54) is 0 Å². The number of hydrogen-bond donors (Lipinski definition) is 2. The number of esters is 1. The van der Waals surface area contributed by atoms with E-state index in [4.69, 9.17) is 11.5 Å². The maximum atomic E-state index is 12.8. The molecule has 0 aliphatic rings. The van der Waals surface area contributed by atoms with Gasteiger partial charge in [-0.25, -0.2) is 18.6 Å². The fraction of sp³-hybridized carbons (Fsp3) is 0.400. The first-order valence-corrected chi connectivity index (χ1v) is 4.95. The molecule has 7 heteroatoms. The zero-order valence-electron chi connectivity index (χ0n) is 9.24. The van der Waals surface area contributed by atoms with E-state index in [-0.39, 0.29) is 30.1 Å². The monoisotopic (exact) mass is 245 g/mol. The second-order valence-electron chi connectivity index (χ2n) is 3.18. The number of nitrogen functional groups attached to an aromatic ring is 1. The Labute approximate surface area is 96.8 Å². The van der Waals surface area contributed by atoms with Gasteiger partial charge in [0.25, 0.3) is 6.43 Å². The number of anilines is 1. The van der Waals surface area contributed by atoms with E-state index in [2.05, 4.69) is 9.72 Å². The molecule has 0 unspecified atom stereocenters. The first-order chi connectivity index (χ1) is 8.02. The van der Waals surface area contributed by atoms with Crippen LogP contribution in [0.1, 0.15) is 35.0 Å². The van der Waals surface area contributed by atoms with Gasteiger partial charge in [-0.1, -0.05) is 0 Å². The van der Waals surface area contributed by atoms with Crippen LogP contribution in [0.5, 0.6) is 0 Å². The molecule has 1 heterocycles. The largest absolute Gasteiger partial charge is 0.461 e. The van der Waals surface area contributed by atoms with Gasteiger partial charge in [0, 0.05) is 18.3 Å². The number of halogens is 2. The smallest absolute Gasteiger partial charge is 0.359 e. The molecule has 0 aromatic carbocycles. The molecule has 0 radical (unpaired) electrons. The van der Waals surface area contributed by atoms with Gasteiger partial charge in [-0.15, -0.1) is 0 Å². The lowest BCUT2D eigenvalue weighted by Crippen LogP contribution is -2.15. The summed E-state index contributed by atoms with van der Waals surface area (Å²) in [6, 6.07) is 0. The number of carbonyl (C=O) groups is 1. The quantitative estimate of drug-likeness (QED) is 0.778. The molecule has 0 aliphatic carbocycles. The summed E-state index contributed by atoms with van der Waals surface area (Å²) >= 11 is 0. The second kappa shape index (κ2) is 5.53. The van der Waals surface area contributed by atoms with Crippen molar-refractivity contribution >= 4 is 11.7 Å². The molecule has 0 amide bonds. The van der Waals surface area contributed by atoms with Crippen LogP contribution in [0.4, 0.5) is 14.5 Å². The molecule has 94 valence electrons. The van der Waals surface area contributed by atoms with Crippen molar-refractivity contribution in [2.45, 2.75) is 19.9 Å². The third-order valence-corrected chi connectivity index (χ3v) is 2.15. The maximum absolute atomic E-state index is 12.8. The third kappa shape index (κ3) is 2.68. The lowest BCUT2D eigenvalue weighted by molar-refractivity contribution is 0.0520. The van der Waals surface area contributed by atoms with E-state index in [9.17, 15) is 13.6 Å². The minimum atomic E-state index is -2.82. The first-order valence-electron chi connectivity index (χ1n) is 4.95. The standard InChI is InChI=1S/C10H13F2N3O2/c1-2-17-10(16)8-7(14)6(9(11)12)5(3-13)4-15-8/h4,9H,2-3,13-14H2,1H3. The number of carbonyl (C=O) groups excluding carboxylic acids is 1. The lowest BCUT2D eigenvalue weighted by atomic mass is 10.1. The topological polar surface area (TPSA) is 91.2 Å². The van der Waals surface area contributed by atoms with Crippen molar-refractivity contribution in [3.8, 4) is 0 Å². The minimum Gasteiger partial charge on any atom is -0.461 e. The van der Waals surface area contributed by atoms with E-state index in [1.54, 1.807) is 6.92 Å². The molecular formula is C10H13F2N3O2. The number of ether oxygens (including phenoxy) is 1. The summed E-state index contributed by atoms with van der Waals surface area (Å²) < 4.78 is 30.2. The highest BCUT2D eigenvalue weighted by Gasteiger charge is 2.23. The zero-order chi connectivity index (χ0) is 13.0. The number of rotatable bonds is 4. The van der Waals surface area contributed by atoms with Gasteiger partial charge < -0.3 is 16.2 Å². The lowest BCUT2D eigenvalue weighted by Gasteiger charge is -2.12. The number of hydrogen-bond acceptors (Lipinski definition) is 5. The van der Waals surface area contributed by atoms with Gasteiger partial charge in [0.2, 0.25) is 0 Å². The van der Waals surface area contributed by atoms with Crippen molar-refractivity contribution < 1.29 is 18.3 Å². The molecule has 0 fully saturated rings. The van der Waals surface area contributed by atoms with Crippen molar-refractivity contribution in [1.29, 1.82) is 0 Å². The van der Waals surface area contributed by atoms with Gasteiger partial charge in [-0.2, -0.15) is 0 Å². The van der Waals surface area contributed by atoms with Crippen molar-refractivity contribution in [3.05, 3.63) is 23.0 Å². The Hall–Kier alpha value is -1.76. The van der Waals surface area contributed by atoms with Gasteiger partial charge in [-0.05, 0) is 12.5 Å². The molecule has 1 aromatic rings. The maximum Gasteiger partial charge on any atom is 0.359 e. The predicted molar refractivity (Wildman–Crippen MR) is 57.5 cm³/mol. The summed E-state index contributed by atoms with van der Waals surface area (Å²) in [4.78, 5) is 15.1. The summed E-state index contributed by atoms with van der Waals surface area (Å²) in [5.41, 5.74) is 9.77. The van der Waals surface area contributed by atoms with E-state index in [0.29, 0.717) is 0 Å². The average Bonchev–Trinajstić information content (AvgIpc) is 2.27. The molecule has 1 rings (SSSR count). The Kier molecular flexibility index (Phi) is 4.33. The summed E-state index contributed by atoms with van der Waals surface area (Å²) in [6.07, 6.45) is -1.70. The fourth-order valence-electron chi connectivity index (χ4n) is 1.36. The number of alkyl halides is 2. The van der Waals surface area contributed by atoms with Crippen molar-refractivity contribution in [3.63, 3.8) is 0 Å². The van der Waals surface area contributed by atoms with Crippen LogP contribution in [0.15, 0.2) is 6.20 Å². The van der Waals surface area contributed by atoms with Crippen LogP contribution in [-0.2, 0) is 11.3 Å². The normalized spacial score (nSPS) is 10.6. The van der Waals surface area contributed by atoms with Gasteiger partial charge in [0.1, 0.15) is 0 Å². The van der Waals surface area contributed by atoms with Crippen LogP contribution in [0, 0.1) is 0 Å². The molecule has 1 aromatic heterocycles. The van der Waals surface area contributed by atoms with Crippen molar-refractivity contribution in [1.82, 2.24) is 4.98 Å². The third-order valence-electron chi connectivity index (χ3n) is 2.15. The Balaban J connectivity index is 3.27. The number of nitrogens with two attached hydrogens (primary N) is 2. The molecule has 17 heavy (non-hydrogen) atoms. The predicted octanol–water partition coefficient (Wildman–Crippen LogP) is 1.24. The van der Waals surface area contributed by atoms with Gasteiger partial charge >= 0.3 is 5.97 Å². The summed E-state index contributed by atoms with van der Waals surface area (Å²) in [6.45, 7) is 1.58. The zero-order valence-corrected chi connectivity index (χ0v) is 9.24. The van der Waals surface area contributed by atoms with Crippen molar-refractivity contribution in [2.24, 2.45) is 5.73 Å². The van der Waals surface area contributed by atoms with Gasteiger partial charge in [-0.3, -0.25) is 0 Å². The highest BCUT2D eigenvalue weighted by atomic mass is 19.3. The average molecular weight is 245 g/mol. The second-order valence-corrected chi connectivity index (χ2v) is 3.18. The SMILES string of the molecule is CCOC(=O)c1ncc(CN)c(C(F)F)c1N. The van der Waals surface area contributed by atoms with Crippen LogP contribution < -0.4 is 11.5 Å². The highest BCUT2D eigenvalue weighted by Crippen LogP contribution is 2.30. The van der Waals surface area contributed by atoms with Crippen LogP contribution in [0.3, 0.4) is 0 Å². The number of nitrogens with zero attached hydrogens (tertiary/aromatic N) is 1. The Morgan fingerprint density at radius 1 is 1.59 bits per heavy atom. The molecule has 0 spiro atoms. The van der Waals surface area contributed by atoms with Crippen LogP contribution >= 0.6 is 0 Å². The van der Waals surface area contributed by atoms with Crippen LogP contribution in [0.25, 0.3) is 0 Å². The first kappa shape index (κ1) is 13.3. The van der Waals surface area contributed by atoms with E-state index in [0.717, 1.165) is 6.20 Å². The Bertz CT molecular complexity index is 424. The molecule has 5 nitrogen and oxygen atoms in total. The summed E-state index contributed by atoms with van der Waals surface area (Å²) in [7, 11) is 0. The summed E-state index contributed by atoms with van der Waals surface area (Å²) in [5, 5.41) is 0. The molecule has 0 aliphatic heterocycles. The Morgan fingerprint density at radius 3 is 2.71 bits per heavy atom. The molecule has 0 saturated heterocycles. The summed E-state index contributed by atoms with van der Waals surface area (Å²) in [5.74, 6) is -0.824.